The first-order chi connectivity index (χ1) is 8.69. The predicted molar refractivity (Wildman–Crippen MR) is 74.3 cm³/mol. The van der Waals surface area contributed by atoms with E-state index in [1.54, 1.807) is 18.2 Å². The summed E-state index contributed by atoms with van der Waals surface area (Å²) < 4.78 is 0.884. The minimum atomic E-state index is 0.250. The highest BCUT2D eigenvalue weighted by molar-refractivity contribution is 9.10. The molecule has 0 atom stereocenters. The fourth-order valence-electron chi connectivity index (χ4n) is 1.57. The number of hydrogen-bond acceptors (Lipinski definition) is 3. The molecule has 2 aromatic rings. The minimum absolute atomic E-state index is 0.250. The number of rotatable bonds is 3. The molecule has 2 aromatic carbocycles. The Kier molecular flexibility index (Phi) is 3.85. The van der Waals surface area contributed by atoms with Crippen LogP contribution >= 0.6 is 15.9 Å². The summed E-state index contributed by atoms with van der Waals surface area (Å²) in [5, 5.41) is 21.4. The van der Waals surface area contributed by atoms with E-state index in [-0.39, 0.29) is 5.75 Å². The molecule has 0 heterocycles. The molecule has 0 fully saturated rings. The first-order valence-corrected chi connectivity index (χ1v) is 6.20. The van der Waals surface area contributed by atoms with Crippen LogP contribution in [0.25, 0.3) is 0 Å². The molecule has 0 radical (unpaired) electrons. The predicted octanol–water partition coefficient (Wildman–Crippen LogP) is 3.64. The van der Waals surface area contributed by atoms with Crippen molar-refractivity contribution in [1.29, 1.82) is 5.26 Å². The quantitative estimate of drug-likeness (QED) is 0.910. The van der Waals surface area contributed by atoms with Crippen LogP contribution in [0, 0.1) is 11.3 Å². The van der Waals surface area contributed by atoms with Crippen LogP contribution in [-0.4, -0.2) is 5.11 Å². The van der Waals surface area contributed by atoms with Gasteiger partial charge >= 0.3 is 0 Å². The van der Waals surface area contributed by atoms with Gasteiger partial charge in [0.2, 0.25) is 0 Å². The average molecular weight is 303 g/mol. The molecule has 0 aliphatic heterocycles. The number of halogens is 1. The van der Waals surface area contributed by atoms with E-state index in [0.717, 1.165) is 15.7 Å². The van der Waals surface area contributed by atoms with Crippen molar-refractivity contribution in [3.8, 4) is 11.8 Å². The molecule has 0 saturated heterocycles. The third kappa shape index (κ3) is 3.02. The molecule has 0 bridgehead atoms. The maximum absolute atomic E-state index is 9.19. The van der Waals surface area contributed by atoms with Crippen LogP contribution in [0.3, 0.4) is 0 Å². The number of anilines is 1. The smallest absolute Gasteiger partial charge is 0.115 e. The molecular formula is C14H11BrN2O. The van der Waals surface area contributed by atoms with Gasteiger partial charge in [0.15, 0.2) is 0 Å². The first kappa shape index (κ1) is 12.5. The summed E-state index contributed by atoms with van der Waals surface area (Å²) in [4.78, 5) is 0. The monoisotopic (exact) mass is 302 g/mol. The Hall–Kier alpha value is -1.99. The van der Waals surface area contributed by atoms with Gasteiger partial charge < -0.3 is 10.4 Å². The number of nitrogens with one attached hydrogen (secondary N) is 1. The summed E-state index contributed by atoms with van der Waals surface area (Å²) in [7, 11) is 0. The number of phenolic OH excluding ortho intramolecular Hbond substituents is 1. The third-order valence-electron chi connectivity index (χ3n) is 2.52. The Balaban J connectivity index is 2.11. The van der Waals surface area contributed by atoms with E-state index in [1.165, 1.54) is 0 Å². The van der Waals surface area contributed by atoms with Crippen molar-refractivity contribution in [2.45, 2.75) is 6.54 Å². The van der Waals surface area contributed by atoms with Crippen LogP contribution in [-0.2, 0) is 6.54 Å². The van der Waals surface area contributed by atoms with Gasteiger partial charge in [-0.05, 0) is 35.9 Å². The number of benzene rings is 2. The Bertz CT molecular complexity index is 588. The minimum Gasteiger partial charge on any atom is -0.508 e. The largest absolute Gasteiger partial charge is 0.508 e. The molecule has 18 heavy (non-hydrogen) atoms. The zero-order valence-electron chi connectivity index (χ0n) is 9.52. The van der Waals surface area contributed by atoms with Gasteiger partial charge in [-0.2, -0.15) is 5.26 Å². The highest BCUT2D eigenvalue weighted by Crippen LogP contribution is 2.21. The van der Waals surface area contributed by atoms with Crippen LogP contribution in [0.4, 0.5) is 5.69 Å². The number of aromatic hydroxyl groups is 1. The SMILES string of the molecule is N#Cc1cc(Br)ccc1NCc1ccc(O)cc1. The molecular weight excluding hydrogens is 292 g/mol. The number of nitriles is 1. The summed E-state index contributed by atoms with van der Waals surface area (Å²) in [6.07, 6.45) is 0. The second-order valence-electron chi connectivity index (χ2n) is 3.82. The molecule has 3 nitrogen and oxygen atoms in total. The zero-order chi connectivity index (χ0) is 13.0. The van der Waals surface area contributed by atoms with Crippen molar-refractivity contribution in [3.63, 3.8) is 0 Å². The Morgan fingerprint density at radius 1 is 1.17 bits per heavy atom. The highest BCUT2D eigenvalue weighted by atomic mass is 79.9. The third-order valence-corrected chi connectivity index (χ3v) is 3.01. The van der Waals surface area contributed by atoms with Gasteiger partial charge in [0.05, 0.1) is 11.3 Å². The van der Waals surface area contributed by atoms with Crippen molar-refractivity contribution in [2.24, 2.45) is 0 Å². The standard InChI is InChI=1S/C14H11BrN2O/c15-12-3-6-14(11(7-12)8-16)17-9-10-1-4-13(18)5-2-10/h1-7,17-18H,9H2. The summed E-state index contributed by atoms with van der Waals surface area (Å²) in [6.45, 7) is 0.608. The molecule has 0 aliphatic rings. The van der Waals surface area contributed by atoms with E-state index >= 15 is 0 Å². The summed E-state index contributed by atoms with van der Waals surface area (Å²) in [5.74, 6) is 0.250. The molecule has 0 aromatic heterocycles. The lowest BCUT2D eigenvalue weighted by Gasteiger charge is -2.08. The Labute approximate surface area is 114 Å². The van der Waals surface area contributed by atoms with Crippen LogP contribution in [0.5, 0.6) is 5.75 Å². The van der Waals surface area contributed by atoms with Crippen molar-refractivity contribution in [1.82, 2.24) is 0 Å². The summed E-state index contributed by atoms with van der Waals surface area (Å²) in [6, 6.07) is 14.6. The van der Waals surface area contributed by atoms with Gasteiger partial charge in [-0.3, -0.25) is 0 Å². The summed E-state index contributed by atoms with van der Waals surface area (Å²) in [5.41, 5.74) is 2.44. The summed E-state index contributed by atoms with van der Waals surface area (Å²) >= 11 is 3.33. The molecule has 0 spiro atoms. The zero-order valence-corrected chi connectivity index (χ0v) is 11.1. The maximum atomic E-state index is 9.19. The molecule has 0 saturated carbocycles. The molecule has 0 unspecified atom stereocenters. The van der Waals surface area contributed by atoms with Crippen LogP contribution in [0.2, 0.25) is 0 Å². The van der Waals surface area contributed by atoms with Crippen LogP contribution in [0.15, 0.2) is 46.9 Å². The van der Waals surface area contributed by atoms with E-state index in [9.17, 15) is 5.11 Å². The Morgan fingerprint density at radius 2 is 1.89 bits per heavy atom. The van der Waals surface area contributed by atoms with E-state index in [0.29, 0.717) is 12.1 Å². The van der Waals surface area contributed by atoms with Crippen molar-refractivity contribution in [2.75, 3.05) is 5.32 Å². The van der Waals surface area contributed by atoms with Crippen molar-refractivity contribution < 1.29 is 5.11 Å². The highest BCUT2D eigenvalue weighted by Gasteiger charge is 2.02. The van der Waals surface area contributed by atoms with Crippen LogP contribution < -0.4 is 5.32 Å². The lowest BCUT2D eigenvalue weighted by atomic mass is 10.1. The fraction of sp³-hybridized carbons (Fsp3) is 0.0714. The second kappa shape index (κ2) is 5.56. The van der Waals surface area contributed by atoms with Gasteiger partial charge in [0, 0.05) is 11.0 Å². The maximum Gasteiger partial charge on any atom is 0.115 e. The van der Waals surface area contributed by atoms with Gasteiger partial charge in [0.1, 0.15) is 11.8 Å². The van der Waals surface area contributed by atoms with Crippen LogP contribution in [0.1, 0.15) is 11.1 Å². The van der Waals surface area contributed by atoms with E-state index in [1.807, 2.05) is 24.3 Å². The van der Waals surface area contributed by atoms with Crippen molar-refractivity contribution >= 4 is 21.6 Å². The van der Waals surface area contributed by atoms with Gasteiger partial charge in [-0.1, -0.05) is 28.1 Å². The Morgan fingerprint density at radius 3 is 2.56 bits per heavy atom. The normalized spacial score (nSPS) is 9.78. The molecule has 0 aliphatic carbocycles. The molecule has 90 valence electrons. The lowest BCUT2D eigenvalue weighted by molar-refractivity contribution is 0.475. The van der Waals surface area contributed by atoms with Gasteiger partial charge in [0.25, 0.3) is 0 Å². The number of phenols is 1. The van der Waals surface area contributed by atoms with Gasteiger partial charge in [-0.15, -0.1) is 0 Å². The van der Waals surface area contributed by atoms with Crippen molar-refractivity contribution in [3.05, 3.63) is 58.1 Å². The molecule has 0 amide bonds. The van der Waals surface area contributed by atoms with E-state index in [2.05, 4.69) is 27.3 Å². The average Bonchev–Trinajstić information content (AvgIpc) is 2.39. The van der Waals surface area contributed by atoms with Gasteiger partial charge in [-0.25, -0.2) is 0 Å². The molecule has 2 N–H and O–H groups in total. The second-order valence-corrected chi connectivity index (χ2v) is 4.74. The number of nitrogens with zero attached hydrogens (tertiary/aromatic N) is 1. The lowest BCUT2D eigenvalue weighted by Crippen LogP contribution is -2.01. The number of hydrogen-bond donors (Lipinski definition) is 2. The molecule has 4 heteroatoms. The fourth-order valence-corrected chi connectivity index (χ4v) is 1.94. The first-order valence-electron chi connectivity index (χ1n) is 5.40. The van der Waals surface area contributed by atoms with E-state index < -0.39 is 0 Å². The van der Waals surface area contributed by atoms with E-state index in [4.69, 9.17) is 5.26 Å². The topological polar surface area (TPSA) is 56.0 Å². The molecule has 2 rings (SSSR count).